The van der Waals surface area contributed by atoms with E-state index in [2.05, 4.69) is 59.3 Å². The van der Waals surface area contributed by atoms with Crippen LogP contribution in [0.2, 0.25) is 0 Å². The van der Waals surface area contributed by atoms with Crippen molar-refractivity contribution >= 4 is 104 Å². The molecule has 0 saturated carbocycles. The van der Waals surface area contributed by atoms with Crippen molar-refractivity contribution in [2.75, 3.05) is 99.6 Å². The number of aromatic nitrogens is 7. The molecule has 7 aliphatic rings. The van der Waals surface area contributed by atoms with Gasteiger partial charge in [-0.15, -0.1) is 0 Å². The van der Waals surface area contributed by atoms with Crippen molar-refractivity contribution in [3.05, 3.63) is 154 Å². The lowest BCUT2D eigenvalue weighted by Crippen LogP contribution is -2.35. The van der Waals surface area contributed by atoms with Crippen LogP contribution >= 0.6 is 0 Å². The van der Waals surface area contributed by atoms with Crippen LogP contribution in [0.4, 0.5) is 45.5 Å². The van der Waals surface area contributed by atoms with Crippen LogP contribution in [0, 0.1) is 6.92 Å². The molecule has 0 saturated heterocycles. The molecule has 118 heavy (non-hydrogen) atoms. The number of fused-ring (bicyclic) bond motifs is 7. The molecule has 26 nitrogen and oxygen atoms in total. The Hall–Kier alpha value is -11.1. The summed E-state index contributed by atoms with van der Waals surface area (Å²) >= 11 is 0. The van der Waals surface area contributed by atoms with Crippen LogP contribution in [0.3, 0.4) is 0 Å². The summed E-state index contributed by atoms with van der Waals surface area (Å²) in [4.78, 5) is 161. The first-order chi connectivity index (χ1) is 57.0. The average molecular weight is 1620 g/mol. The summed E-state index contributed by atoms with van der Waals surface area (Å²) in [5, 5.41) is 3.05. The van der Waals surface area contributed by atoms with Gasteiger partial charge in [0.05, 0.1) is 105 Å². The second kappa shape index (κ2) is 46.2. The summed E-state index contributed by atoms with van der Waals surface area (Å²) in [5.41, 5.74) is 18.5. The van der Waals surface area contributed by atoms with Gasteiger partial charge >= 0.3 is 0 Å². The minimum Gasteiger partial charge on any atom is -0.495 e. The van der Waals surface area contributed by atoms with Crippen LogP contribution in [0.15, 0.2) is 85.8 Å². The Morgan fingerprint density at radius 3 is 0.966 bits per heavy atom. The van der Waals surface area contributed by atoms with Gasteiger partial charge in [0.2, 0.25) is 41.4 Å². The van der Waals surface area contributed by atoms with E-state index in [1.165, 1.54) is 12.5 Å². The van der Waals surface area contributed by atoms with Crippen LogP contribution in [0.5, 0.6) is 5.75 Å². The fraction of sp³-hybridized carbons (Fsp3) is 0.511. The Labute approximate surface area is 697 Å². The number of ketones is 3. The maximum absolute atomic E-state index is 11.9. The minimum atomic E-state index is -0.0187. The van der Waals surface area contributed by atoms with Gasteiger partial charge in [0, 0.05) is 164 Å². The van der Waals surface area contributed by atoms with E-state index in [4.69, 9.17) is 4.74 Å². The smallest absolute Gasteiger partial charge is 0.226 e. The van der Waals surface area contributed by atoms with E-state index in [1.807, 2.05) is 139 Å². The number of pyridine rings is 7. The first kappa shape index (κ1) is 92.5. The summed E-state index contributed by atoms with van der Waals surface area (Å²) < 4.78 is 5.14. The lowest BCUT2D eigenvalue weighted by Gasteiger charge is -2.29. The summed E-state index contributed by atoms with van der Waals surface area (Å²) in [5.74, 6) is 1.88. The molecule has 7 aromatic heterocycles. The lowest BCUT2D eigenvalue weighted by molar-refractivity contribution is -0.119. The molecule has 0 radical (unpaired) electrons. The summed E-state index contributed by atoms with van der Waals surface area (Å²) in [6, 6.07) is 13.6. The molecule has 632 valence electrons. The number of ether oxygens (including phenoxy) is 1. The number of anilines is 8. The quantitative estimate of drug-likeness (QED) is 0.0828. The summed E-state index contributed by atoms with van der Waals surface area (Å²) in [6.07, 6.45) is 33.2. The topological polar surface area (TPSA) is 305 Å². The van der Waals surface area contributed by atoms with Crippen molar-refractivity contribution in [2.24, 2.45) is 0 Å². The van der Waals surface area contributed by atoms with E-state index < -0.39 is 0 Å². The molecule has 7 amide bonds. The predicted octanol–water partition coefficient (Wildman–Crippen LogP) is 15.5. The Kier molecular flexibility index (Phi) is 36.2. The highest BCUT2D eigenvalue weighted by atomic mass is 16.5. The zero-order chi connectivity index (χ0) is 85.5. The maximum Gasteiger partial charge on any atom is 0.226 e. The molecule has 0 atom stereocenters. The average Bonchev–Trinajstić information content (AvgIpc) is 0.864. The fourth-order valence-electron chi connectivity index (χ4n) is 15.0. The zero-order valence-electron chi connectivity index (χ0n) is 72.2. The van der Waals surface area contributed by atoms with Gasteiger partial charge < -0.3 is 44.4 Å². The molecule has 0 aliphatic carbocycles. The highest BCUT2D eigenvalue weighted by molar-refractivity contribution is 6.02. The number of carbonyl (C=O) groups is 10. The number of rotatable bonds is 17. The van der Waals surface area contributed by atoms with Crippen molar-refractivity contribution in [3.8, 4) is 5.75 Å². The largest absolute Gasteiger partial charge is 0.495 e. The van der Waals surface area contributed by atoms with Gasteiger partial charge in [-0.1, -0.05) is 75.7 Å². The Morgan fingerprint density at radius 1 is 0.339 bits per heavy atom. The number of carbonyl (C=O) groups excluding carboxylic acids is 10. The van der Waals surface area contributed by atoms with E-state index in [9.17, 15) is 47.9 Å². The fourth-order valence-corrected chi connectivity index (χ4v) is 15.0. The van der Waals surface area contributed by atoms with E-state index >= 15 is 0 Å². The highest BCUT2D eigenvalue weighted by Crippen LogP contribution is 2.35. The van der Waals surface area contributed by atoms with Crippen molar-refractivity contribution in [3.63, 3.8) is 0 Å². The lowest BCUT2D eigenvalue weighted by atomic mass is 10.0. The Morgan fingerprint density at radius 2 is 0.636 bits per heavy atom. The number of aryl methyl sites for hydroxylation is 9. The molecule has 0 bridgehead atoms. The number of amides is 7. The number of hydrogen-bond acceptors (Lipinski definition) is 19. The van der Waals surface area contributed by atoms with Crippen LogP contribution < -0.4 is 44.4 Å². The molecule has 0 fully saturated rings. The summed E-state index contributed by atoms with van der Waals surface area (Å²) in [7, 11) is 3.47. The molecule has 1 N–H and O–H groups in total. The van der Waals surface area contributed by atoms with E-state index in [-0.39, 0.29) is 58.7 Å². The van der Waals surface area contributed by atoms with Gasteiger partial charge in [-0.05, 0) is 164 Å². The van der Waals surface area contributed by atoms with E-state index in [0.717, 1.165) is 246 Å². The molecule has 14 rings (SSSR count). The van der Waals surface area contributed by atoms with Crippen molar-refractivity contribution in [1.29, 1.82) is 0 Å². The van der Waals surface area contributed by atoms with Gasteiger partial charge in [0.1, 0.15) is 5.75 Å². The van der Waals surface area contributed by atoms with Crippen molar-refractivity contribution < 1.29 is 52.7 Å². The normalized spacial score (nSPS) is 14.4. The molecular weight excluding hydrogens is 1490 g/mol. The first-order valence-corrected chi connectivity index (χ1v) is 42.8. The SMILES string of the molecule is CCC(=O)N1CCCc2ncc(C(C)=O)cc21.CCC(=O)N1CCCc2ncc(C)cc21.CCC(=O)N1CCCc2ncc(NC)cc21.CCC(=O)N1CCCc2ncc(OC)cc21.CCC(=O)c1cnc2c(c1)N(C(=O)CC)CCC2.CCCC(=O)c1cnc2c(c1)N(C(=O)CC)CCC2.CCCc1cnc2c(c1)N(C(=O)CC)CCC2. The van der Waals surface area contributed by atoms with Gasteiger partial charge in [-0.25, -0.2) is 0 Å². The maximum atomic E-state index is 11.9. The molecule has 7 aliphatic heterocycles. The molecular formula is C92H123N15O11. The van der Waals surface area contributed by atoms with Crippen LogP contribution in [-0.4, -0.2) is 154 Å². The summed E-state index contributed by atoms with van der Waals surface area (Å²) in [6.45, 7) is 28.1. The van der Waals surface area contributed by atoms with Crippen LogP contribution in [0.1, 0.15) is 274 Å². The number of nitrogens with one attached hydrogen (secondary N) is 1. The molecule has 26 heteroatoms. The zero-order valence-corrected chi connectivity index (χ0v) is 72.2. The minimum absolute atomic E-state index is 0.0187. The molecule has 0 unspecified atom stereocenters. The third-order valence-corrected chi connectivity index (χ3v) is 21.5. The number of nitrogens with zero attached hydrogens (tertiary/aromatic N) is 14. The molecule has 14 heterocycles. The second-order valence-corrected chi connectivity index (χ2v) is 29.9. The van der Waals surface area contributed by atoms with Gasteiger partial charge in [-0.3, -0.25) is 82.8 Å². The number of Topliss-reactive ketones (excluding diaryl/α,β-unsaturated/α-hetero) is 3. The highest BCUT2D eigenvalue weighted by Gasteiger charge is 2.30. The predicted molar refractivity (Wildman–Crippen MR) is 465 cm³/mol. The van der Waals surface area contributed by atoms with E-state index in [0.29, 0.717) is 80.2 Å². The first-order valence-electron chi connectivity index (χ1n) is 42.8. The van der Waals surface area contributed by atoms with E-state index in [1.54, 1.807) is 52.7 Å². The van der Waals surface area contributed by atoms with Crippen LogP contribution in [0.25, 0.3) is 0 Å². The Balaban J connectivity index is 0.000000172. The molecule has 0 spiro atoms. The third-order valence-electron chi connectivity index (χ3n) is 21.5. The van der Waals surface area contributed by atoms with Gasteiger partial charge in [0.15, 0.2) is 17.3 Å². The monoisotopic (exact) mass is 1610 g/mol. The number of hydrogen-bond donors (Lipinski definition) is 1. The number of methoxy groups -OCH3 is 1. The van der Waals surface area contributed by atoms with Gasteiger partial charge in [0.25, 0.3) is 0 Å². The second-order valence-electron chi connectivity index (χ2n) is 29.9. The molecule has 7 aromatic rings. The third kappa shape index (κ3) is 24.3. The van der Waals surface area contributed by atoms with Crippen LogP contribution in [-0.2, 0) is 84.9 Å². The van der Waals surface area contributed by atoms with Crippen molar-refractivity contribution in [1.82, 2.24) is 34.9 Å². The molecule has 0 aromatic carbocycles. The Bertz CT molecular complexity index is 4600. The standard InChI is InChI=1S/C15H20N2O2.C14H18N2O2.C14H20N2O.C13H16N2O2.C12H17N3O.C12H16N2O2.C12H16N2O/c1-3-6-14(18)11-9-13-12(16-10-11)7-5-8-17(13)15(19)4-2;1-3-13(17)10-8-12-11(15-9-10)6-5-7-16(12)14(18)4-2;1-3-6-11-9-13-12(15-10-11)7-5-8-16(13)14(17)4-2;1-3-13(17)15-6-4-5-11-12(15)7-10(8-14-11)9(2)16;1-3-12(16)15-6-4-5-10-11(15)7-9(13-2)8-14-10;1-3-12(15)14-6-4-5-10-11(14)7-9(16-2)8-13-10;1-3-12(15)14-6-4-5-10-11(14)7-9(2)8-13-10/h9-10H,3-8H2,1-2H3;8-9H,3-7H2,1-2H3;9-10H,3-8H2,1-2H3;7-8H,3-6H2,1-2H3;7-8,13H,3-6H2,1-2H3;7-8H,3-6H2,1-2H3;7-8H,3-6H2,1-2H3. The van der Waals surface area contributed by atoms with Gasteiger partial charge in [-0.2, -0.15) is 0 Å². The van der Waals surface area contributed by atoms with Crippen molar-refractivity contribution in [2.45, 2.75) is 250 Å².